The molecule has 0 saturated carbocycles. The van der Waals surface area contributed by atoms with E-state index in [2.05, 4.69) is 15.3 Å². The van der Waals surface area contributed by atoms with Crippen LogP contribution in [-0.2, 0) is 0 Å². The van der Waals surface area contributed by atoms with Crippen LogP contribution < -0.4 is 10.4 Å². The smallest absolute Gasteiger partial charge is 0.364 e. The van der Waals surface area contributed by atoms with E-state index in [0.717, 1.165) is 11.3 Å². The maximum atomic E-state index is 11.3. The van der Waals surface area contributed by atoms with Gasteiger partial charge >= 0.3 is 5.69 Å². The van der Waals surface area contributed by atoms with E-state index < -0.39 is 0 Å². The third kappa shape index (κ3) is 2.41. The van der Waals surface area contributed by atoms with Gasteiger partial charge in [0.1, 0.15) is 5.75 Å². The zero-order chi connectivity index (χ0) is 12.3. The van der Waals surface area contributed by atoms with E-state index in [1.54, 1.807) is 20.2 Å². The highest BCUT2D eigenvalue weighted by Crippen LogP contribution is 2.09. The van der Waals surface area contributed by atoms with Gasteiger partial charge in [0.05, 0.1) is 13.3 Å². The average Bonchev–Trinajstić information content (AvgIpc) is 2.67. The summed E-state index contributed by atoms with van der Waals surface area (Å²) in [6, 6.07) is 7.35. The molecule has 88 valence electrons. The van der Waals surface area contributed by atoms with Gasteiger partial charge in [0.15, 0.2) is 5.82 Å². The summed E-state index contributed by atoms with van der Waals surface area (Å²) >= 11 is 0. The SMILES string of the molecule is COc1ccc(/C=N/n2c(C)n[nH]c2=O)cc1. The van der Waals surface area contributed by atoms with Gasteiger partial charge in [0.2, 0.25) is 0 Å². The monoisotopic (exact) mass is 232 g/mol. The lowest BCUT2D eigenvalue weighted by atomic mass is 10.2. The predicted molar refractivity (Wildman–Crippen MR) is 63.6 cm³/mol. The fourth-order valence-corrected chi connectivity index (χ4v) is 1.32. The molecule has 6 nitrogen and oxygen atoms in total. The summed E-state index contributed by atoms with van der Waals surface area (Å²) < 4.78 is 6.24. The quantitative estimate of drug-likeness (QED) is 0.794. The van der Waals surface area contributed by atoms with Crippen molar-refractivity contribution < 1.29 is 4.74 Å². The minimum absolute atomic E-state index is 0.354. The van der Waals surface area contributed by atoms with Crippen molar-refractivity contribution in [1.82, 2.24) is 14.9 Å². The molecule has 17 heavy (non-hydrogen) atoms. The molecule has 0 spiro atoms. The third-order valence-corrected chi connectivity index (χ3v) is 2.25. The van der Waals surface area contributed by atoms with Crippen LogP contribution in [-0.4, -0.2) is 28.2 Å². The van der Waals surface area contributed by atoms with Crippen LogP contribution in [0.25, 0.3) is 0 Å². The second-order valence-corrected chi connectivity index (χ2v) is 3.41. The first-order chi connectivity index (χ1) is 8.20. The van der Waals surface area contributed by atoms with Crippen molar-refractivity contribution in [1.29, 1.82) is 0 Å². The summed E-state index contributed by atoms with van der Waals surface area (Å²) in [5.74, 6) is 1.29. The Morgan fingerprint density at radius 3 is 2.65 bits per heavy atom. The average molecular weight is 232 g/mol. The van der Waals surface area contributed by atoms with Crippen LogP contribution >= 0.6 is 0 Å². The number of nitrogens with zero attached hydrogens (tertiary/aromatic N) is 3. The summed E-state index contributed by atoms with van der Waals surface area (Å²) in [6.45, 7) is 1.70. The number of benzene rings is 1. The van der Waals surface area contributed by atoms with Gasteiger partial charge in [-0.3, -0.25) is 0 Å². The van der Waals surface area contributed by atoms with Gasteiger partial charge in [-0.2, -0.15) is 14.9 Å². The Hall–Kier alpha value is -2.37. The molecule has 1 aromatic carbocycles. The molecule has 6 heteroatoms. The van der Waals surface area contributed by atoms with Gasteiger partial charge < -0.3 is 4.74 Å². The summed E-state index contributed by atoms with van der Waals surface area (Å²) in [6.07, 6.45) is 1.59. The topological polar surface area (TPSA) is 72.3 Å². The summed E-state index contributed by atoms with van der Waals surface area (Å²) in [4.78, 5) is 11.3. The number of aryl methyl sites for hydroxylation is 1. The lowest BCUT2D eigenvalue weighted by Gasteiger charge is -1.98. The van der Waals surface area contributed by atoms with E-state index in [1.165, 1.54) is 4.68 Å². The molecule has 2 rings (SSSR count). The number of hydrogen-bond acceptors (Lipinski definition) is 4. The van der Waals surface area contributed by atoms with Gasteiger partial charge in [-0.25, -0.2) is 9.89 Å². The van der Waals surface area contributed by atoms with Crippen molar-refractivity contribution in [2.24, 2.45) is 5.10 Å². The van der Waals surface area contributed by atoms with Crippen molar-refractivity contribution >= 4 is 6.21 Å². The van der Waals surface area contributed by atoms with E-state index in [-0.39, 0.29) is 5.69 Å². The van der Waals surface area contributed by atoms with Crippen LogP contribution in [0.2, 0.25) is 0 Å². The van der Waals surface area contributed by atoms with Crippen LogP contribution in [0.4, 0.5) is 0 Å². The highest BCUT2D eigenvalue weighted by atomic mass is 16.5. The number of ether oxygens (including phenoxy) is 1. The van der Waals surface area contributed by atoms with E-state index in [4.69, 9.17) is 4.74 Å². The standard InChI is InChI=1S/C11H12N4O2/c1-8-13-14-11(16)15(8)12-7-9-3-5-10(17-2)6-4-9/h3-7H,1-2H3,(H,14,16)/b12-7+. The van der Waals surface area contributed by atoms with Crippen LogP contribution in [0.15, 0.2) is 34.2 Å². The number of H-pyrrole nitrogens is 1. The molecule has 1 heterocycles. The molecule has 0 aliphatic heterocycles. The zero-order valence-corrected chi connectivity index (χ0v) is 9.54. The predicted octanol–water partition coefficient (Wildman–Crippen LogP) is 0.771. The van der Waals surface area contributed by atoms with Crippen LogP contribution in [0.1, 0.15) is 11.4 Å². The van der Waals surface area contributed by atoms with Gasteiger partial charge in [-0.15, -0.1) is 0 Å². The second-order valence-electron chi connectivity index (χ2n) is 3.41. The van der Waals surface area contributed by atoms with E-state index >= 15 is 0 Å². The third-order valence-electron chi connectivity index (χ3n) is 2.25. The first kappa shape index (κ1) is 11.1. The maximum absolute atomic E-state index is 11.3. The fraction of sp³-hybridized carbons (Fsp3) is 0.182. The largest absolute Gasteiger partial charge is 0.497 e. The number of aromatic amines is 1. The van der Waals surface area contributed by atoms with Gasteiger partial charge in [0, 0.05) is 0 Å². The number of hydrogen-bond donors (Lipinski definition) is 1. The number of rotatable bonds is 3. The Balaban J connectivity index is 2.23. The molecule has 0 atom stereocenters. The maximum Gasteiger partial charge on any atom is 0.364 e. The zero-order valence-electron chi connectivity index (χ0n) is 9.54. The van der Waals surface area contributed by atoms with Gasteiger partial charge in [0.25, 0.3) is 0 Å². The first-order valence-corrected chi connectivity index (χ1v) is 5.03. The second kappa shape index (κ2) is 4.65. The normalized spacial score (nSPS) is 10.9. The summed E-state index contributed by atoms with van der Waals surface area (Å²) in [5.41, 5.74) is 0.519. The Bertz CT molecular complexity index is 580. The molecule has 0 aliphatic rings. The minimum atomic E-state index is -0.354. The first-order valence-electron chi connectivity index (χ1n) is 5.03. The molecule has 0 saturated heterocycles. The minimum Gasteiger partial charge on any atom is -0.497 e. The summed E-state index contributed by atoms with van der Waals surface area (Å²) in [5, 5.41) is 10.1. The molecule has 2 aromatic rings. The number of aromatic nitrogens is 3. The molecular weight excluding hydrogens is 220 g/mol. The molecule has 0 aliphatic carbocycles. The highest BCUT2D eigenvalue weighted by Gasteiger charge is 1.99. The van der Waals surface area contributed by atoms with Crippen LogP contribution in [0.5, 0.6) is 5.75 Å². The Labute approximate surface area is 97.6 Å². The van der Waals surface area contributed by atoms with Crippen molar-refractivity contribution in [2.75, 3.05) is 7.11 Å². The lowest BCUT2D eigenvalue weighted by molar-refractivity contribution is 0.415. The molecule has 0 amide bonds. The number of methoxy groups -OCH3 is 1. The molecule has 0 unspecified atom stereocenters. The van der Waals surface area contributed by atoms with Crippen LogP contribution in [0.3, 0.4) is 0 Å². The Kier molecular flexibility index (Phi) is 3.04. The van der Waals surface area contributed by atoms with Crippen LogP contribution in [0, 0.1) is 6.92 Å². The highest BCUT2D eigenvalue weighted by molar-refractivity contribution is 5.79. The lowest BCUT2D eigenvalue weighted by Crippen LogP contribution is -2.13. The molecule has 0 radical (unpaired) electrons. The van der Waals surface area contributed by atoms with Crippen molar-refractivity contribution in [3.8, 4) is 5.75 Å². The molecule has 1 N–H and O–H groups in total. The Morgan fingerprint density at radius 2 is 2.12 bits per heavy atom. The Morgan fingerprint density at radius 1 is 1.41 bits per heavy atom. The number of nitrogens with one attached hydrogen (secondary N) is 1. The van der Waals surface area contributed by atoms with Crippen molar-refractivity contribution in [3.63, 3.8) is 0 Å². The van der Waals surface area contributed by atoms with E-state index in [0.29, 0.717) is 5.82 Å². The summed E-state index contributed by atoms with van der Waals surface area (Å²) in [7, 11) is 1.61. The molecule has 0 fully saturated rings. The van der Waals surface area contributed by atoms with E-state index in [1.807, 2.05) is 24.3 Å². The molecular formula is C11H12N4O2. The van der Waals surface area contributed by atoms with Crippen molar-refractivity contribution in [3.05, 3.63) is 46.1 Å². The van der Waals surface area contributed by atoms with Gasteiger partial charge in [-0.1, -0.05) is 0 Å². The van der Waals surface area contributed by atoms with Gasteiger partial charge in [-0.05, 0) is 36.8 Å². The molecule has 0 bridgehead atoms. The molecule has 1 aromatic heterocycles. The fourth-order valence-electron chi connectivity index (χ4n) is 1.32. The van der Waals surface area contributed by atoms with Crippen molar-refractivity contribution in [2.45, 2.75) is 6.92 Å². The van der Waals surface area contributed by atoms with E-state index in [9.17, 15) is 4.79 Å².